The Bertz CT molecular complexity index is 335. The number of amides is 1. The second kappa shape index (κ2) is 6.23. The van der Waals surface area contributed by atoms with Crippen LogP contribution in [0.4, 0.5) is 4.39 Å². The summed E-state index contributed by atoms with van der Waals surface area (Å²) < 4.78 is 12.6. The van der Waals surface area contributed by atoms with Crippen molar-refractivity contribution in [1.82, 2.24) is 10.6 Å². The lowest BCUT2D eigenvalue weighted by atomic mass is 10.2. The van der Waals surface area contributed by atoms with Gasteiger partial charge in [0, 0.05) is 12.6 Å². The summed E-state index contributed by atoms with van der Waals surface area (Å²) in [5.74, 6) is -0.279. The molecule has 2 N–H and O–H groups in total. The summed E-state index contributed by atoms with van der Waals surface area (Å²) in [6.07, 6.45) is 0. The van der Waals surface area contributed by atoms with Gasteiger partial charge in [0.1, 0.15) is 5.82 Å². The Morgan fingerprint density at radius 2 is 1.94 bits per heavy atom. The molecular weight excluding hydrogens is 207 g/mol. The zero-order chi connectivity index (χ0) is 12.0. The molecule has 0 bridgehead atoms. The van der Waals surface area contributed by atoms with Crippen LogP contribution in [0.1, 0.15) is 19.4 Å². The van der Waals surface area contributed by atoms with Crippen molar-refractivity contribution in [3.63, 3.8) is 0 Å². The smallest absolute Gasteiger partial charge is 0.234 e. The van der Waals surface area contributed by atoms with Gasteiger partial charge in [-0.25, -0.2) is 4.39 Å². The summed E-state index contributed by atoms with van der Waals surface area (Å²) in [6, 6.07) is 6.36. The van der Waals surface area contributed by atoms with Crippen molar-refractivity contribution in [3.8, 4) is 0 Å². The van der Waals surface area contributed by atoms with E-state index in [-0.39, 0.29) is 24.3 Å². The fourth-order valence-electron chi connectivity index (χ4n) is 1.30. The molecule has 4 heteroatoms. The Labute approximate surface area is 95.0 Å². The highest BCUT2D eigenvalue weighted by atomic mass is 19.1. The molecule has 0 aliphatic carbocycles. The van der Waals surface area contributed by atoms with Crippen LogP contribution in [0.3, 0.4) is 0 Å². The molecule has 0 heterocycles. The second-order valence-electron chi connectivity index (χ2n) is 3.95. The lowest BCUT2D eigenvalue weighted by Gasteiger charge is -2.09. The zero-order valence-corrected chi connectivity index (χ0v) is 9.59. The van der Waals surface area contributed by atoms with Crippen molar-refractivity contribution in [3.05, 3.63) is 35.6 Å². The molecule has 1 rings (SSSR count). The zero-order valence-electron chi connectivity index (χ0n) is 9.59. The van der Waals surface area contributed by atoms with E-state index in [1.807, 2.05) is 13.8 Å². The summed E-state index contributed by atoms with van der Waals surface area (Å²) in [6.45, 7) is 4.66. The van der Waals surface area contributed by atoms with E-state index in [1.165, 1.54) is 12.1 Å². The van der Waals surface area contributed by atoms with E-state index in [2.05, 4.69) is 10.6 Å². The number of hydrogen-bond donors (Lipinski definition) is 2. The van der Waals surface area contributed by atoms with Crippen LogP contribution in [-0.4, -0.2) is 18.5 Å². The second-order valence-corrected chi connectivity index (χ2v) is 3.95. The quantitative estimate of drug-likeness (QED) is 0.794. The number of nitrogens with one attached hydrogen (secondary N) is 2. The van der Waals surface area contributed by atoms with Gasteiger partial charge in [-0.05, 0) is 31.5 Å². The van der Waals surface area contributed by atoms with Crippen LogP contribution in [-0.2, 0) is 11.3 Å². The summed E-state index contributed by atoms with van der Waals surface area (Å²) in [4.78, 5) is 11.3. The normalized spacial score (nSPS) is 10.5. The highest BCUT2D eigenvalue weighted by molar-refractivity contribution is 5.78. The summed E-state index contributed by atoms with van der Waals surface area (Å²) in [5.41, 5.74) is 0.957. The number of hydrogen-bond acceptors (Lipinski definition) is 2. The fraction of sp³-hybridized carbons (Fsp3) is 0.417. The SMILES string of the molecule is CC(C)NC(=O)CNCc1ccc(F)cc1. The van der Waals surface area contributed by atoms with E-state index in [9.17, 15) is 9.18 Å². The molecule has 0 saturated carbocycles. The number of carbonyl (C=O) groups is 1. The van der Waals surface area contributed by atoms with Gasteiger partial charge < -0.3 is 10.6 Å². The molecule has 0 radical (unpaired) electrons. The molecule has 1 aromatic carbocycles. The molecule has 16 heavy (non-hydrogen) atoms. The fourth-order valence-corrected chi connectivity index (χ4v) is 1.30. The third-order valence-corrected chi connectivity index (χ3v) is 1.98. The van der Waals surface area contributed by atoms with Gasteiger partial charge in [0.25, 0.3) is 0 Å². The molecule has 0 aliphatic rings. The van der Waals surface area contributed by atoms with E-state index in [0.29, 0.717) is 6.54 Å². The van der Waals surface area contributed by atoms with Gasteiger partial charge in [0.2, 0.25) is 5.91 Å². The molecule has 0 spiro atoms. The van der Waals surface area contributed by atoms with Crippen LogP contribution in [0.25, 0.3) is 0 Å². The molecule has 1 amide bonds. The molecule has 0 aliphatic heterocycles. The van der Waals surface area contributed by atoms with E-state index < -0.39 is 0 Å². The minimum absolute atomic E-state index is 0.0305. The van der Waals surface area contributed by atoms with Crippen molar-refractivity contribution in [2.24, 2.45) is 0 Å². The van der Waals surface area contributed by atoms with Gasteiger partial charge in [-0.1, -0.05) is 12.1 Å². The van der Waals surface area contributed by atoms with Gasteiger partial charge in [-0.15, -0.1) is 0 Å². The predicted molar refractivity (Wildman–Crippen MR) is 61.4 cm³/mol. The Hall–Kier alpha value is -1.42. The minimum Gasteiger partial charge on any atom is -0.353 e. The Morgan fingerprint density at radius 1 is 1.31 bits per heavy atom. The first-order chi connectivity index (χ1) is 7.58. The third-order valence-electron chi connectivity index (χ3n) is 1.98. The lowest BCUT2D eigenvalue weighted by molar-refractivity contribution is -0.120. The maximum absolute atomic E-state index is 12.6. The van der Waals surface area contributed by atoms with E-state index >= 15 is 0 Å². The molecule has 0 fully saturated rings. The van der Waals surface area contributed by atoms with Crippen molar-refractivity contribution in [2.45, 2.75) is 26.4 Å². The molecular formula is C12H17FN2O. The number of halogens is 1. The average molecular weight is 224 g/mol. The molecule has 3 nitrogen and oxygen atoms in total. The number of benzene rings is 1. The van der Waals surface area contributed by atoms with Gasteiger partial charge in [0.05, 0.1) is 6.54 Å². The van der Waals surface area contributed by atoms with Crippen LogP contribution < -0.4 is 10.6 Å². The molecule has 88 valence electrons. The van der Waals surface area contributed by atoms with Crippen molar-refractivity contribution < 1.29 is 9.18 Å². The maximum atomic E-state index is 12.6. The van der Waals surface area contributed by atoms with E-state index in [0.717, 1.165) is 5.56 Å². The molecule has 1 aromatic rings. The molecule has 0 aromatic heterocycles. The van der Waals surface area contributed by atoms with Crippen molar-refractivity contribution in [1.29, 1.82) is 0 Å². The number of rotatable bonds is 5. The van der Waals surface area contributed by atoms with Crippen molar-refractivity contribution >= 4 is 5.91 Å². The standard InChI is InChI=1S/C12H17FN2O/c1-9(2)15-12(16)8-14-7-10-3-5-11(13)6-4-10/h3-6,9,14H,7-8H2,1-2H3,(H,15,16). The Balaban J connectivity index is 2.25. The molecule has 0 atom stereocenters. The molecule has 0 saturated heterocycles. The van der Waals surface area contributed by atoms with Gasteiger partial charge >= 0.3 is 0 Å². The van der Waals surface area contributed by atoms with Crippen LogP contribution in [0.15, 0.2) is 24.3 Å². The highest BCUT2D eigenvalue weighted by Gasteiger charge is 2.02. The van der Waals surface area contributed by atoms with Gasteiger partial charge in [0.15, 0.2) is 0 Å². The highest BCUT2D eigenvalue weighted by Crippen LogP contribution is 2.01. The van der Waals surface area contributed by atoms with Crippen LogP contribution in [0.5, 0.6) is 0 Å². The first kappa shape index (κ1) is 12.6. The van der Waals surface area contributed by atoms with Crippen LogP contribution in [0, 0.1) is 5.82 Å². The Morgan fingerprint density at radius 3 is 2.50 bits per heavy atom. The number of carbonyl (C=O) groups excluding carboxylic acids is 1. The van der Waals surface area contributed by atoms with E-state index in [1.54, 1.807) is 12.1 Å². The Kier molecular flexibility index (Phi) is 4.92. The van der Waals surface area contributed by atoms with E-state index in [4.69, 9.17) is 0 Å². The van der Waals surface area contributed by atoms with Crippen LogP contribution in [0.2, 0.25) is 0 Å². The summed E-state index contributed by atoms with van der Waals surface area (Å²) >= 11 is 0. The van der Waals surface area contributed by atoms with Crippen molar-refractivity contribution in [2.75, 3.05) is 6.54 Å². The summed E-state index contributed by atoms with van der Waals surface area (Å²) in [5, 5.41) is 5.77. The molecule has 0 unspecified atom stereocenters. The largest absolute Gasteiger partial charge is 0.353 e. The first-order valence-electron chi connectivity index (χ1n) is 5.32. The lowest BCUT2D eigenvalue weighted by Crippen LogP contribution is -2.37. The van der Waals surface area contributed by atoms with Gasteiger partial charge in [-0.2, -0.15) is 0 Å². The topological polar surface area (TPSA) is 41.1 Å². The first-order valence-corrected chi connectivity index (χ1v) is 5.32. The average Bonchev–Trinajstić information content (AvgIpc) is 2.20. The third kappa shape index (κ3) is 4.89. The van der Waals surface area contributed by atoms with Crippen LogP contribution >= 0.6 is 0 Å². The minimum atomic E-state index is -0.249. The monoisotopic (exact) mass is 224 g/mol. The summed E-state index contributed by atoms with van der Waals surface area (Å²) in [7, 11) is 0. The van der Waals surface area contributed by atoms with Gasteiger partial charge in [-0.3, -0.25) is 4.79 Å². The maximum Gasteiger partial charge on any atom is 0.234 e. The predicted octanol–water partition coefficient (Wildman–Crippen LogP) is 1.44.